The molecule has 0 fully saturated rings. The first-order chi connectivity index (χ1) is 18.3. The number of nitrogens with zero attached hydrogens (tertiary/aromatic N) is 1. The molecule has 0 aliphatic rings. The smallest absolute Gasteiger partial charge is 0.274 e. The van der Waals surface area contributed by atoms with Crippen LogP contribution >= 0.6 is 0 Å². The fraction of sp³-hybridized carbons (Fsp3) is 0.500. The second-order valence-corrected chi connectivity index (χ2v) is 9.27. The van der Waals surface area contributed by atoms with Crippen LogP contribution in [0.4, 0.5) is 35.1 Å². The van der Waals surface area contributed by atoms with Crippen LogP contribution in [0, 0.1) is 11.6 Å². The molecule has 216 valence electrons. The van der Waals surface area contributed by atoms with Crippen LogP contribution in [0.5, 0.6) is 0 Å². The predicted octanol–water partition coefficient (Wildman–Crippen LogP) is 9.21. The minimum Gasteiger partial charge on any atom is -0.274 e. The van der Waals surface area contributed by atoms with Crippen molar-refractivity contribution in [1.29, 1.82) is 0 Å². The van der Waals surface area contributed by atoms with E-state index in [1.54, 1.807) is 0 Å². The number of carbonyl (C=O) groups excluding carboxylic acids is 2. The Bertz CT molecular complexity index is 1040. The Morgan fingerprint density at radius 2 is 0.974 bits per heavy atom. The largest absolute Gasteiger partial charge is 0.419 e. The van der Waals surface area contributed by atoms with E-state index in [1.165, 1.54) is 0 Å². The van der Waals surface area contributed by atoms with Crippen LogP contribution in [-0.2, 0) is 12.4 Å². The summed E-state index contributed by atoms with van der Waals surface area (Å²) in [6.45, 7) is 1.67. The van der Waals surface area contributed by atoms with E-state index >= 15 is 0 Å². The lowest BCUT2D eigenvalue weighted by molar-refractivity contribution is -0.140. The van der Waals surface area contributed by atoms with Crippen molar-refractivity contribution >= 4 is 11.8 Å². The number of unbranched alkanes of at least 4 members (excludes halogenated alkanes) is 9. The number of rotatable bonds is 13. The Morgan fingerprint density at radius 3 is 1.33 bits per heavy atom. The minimum atomic E-state index is -5.14. The number of alkyl halides is 6. The molecule has 0 aliphatic heterocycles. The first-order valence-corrected chi connectivity index (χ1v) is 12.9. The molecule has 2 rings (SSSR count). The van der Waals surface area contributed by atoms with Crippen molar-refractivity contribution in [3.05, 3.63) is 70.3 Å². The summed E-state index contributed by atoms with van der Waals surface area (Å²) in [6, 6.07) is 3.82. The molecule has 11 heteroatoms. The van der Waals surface area contributed by atoms with Crippen molar-refractivity contribution in [2.24, 2.45) is 0 Å². The van der Waals surface area contributed by atoms with E-state index in [4.69, 9.17) is 0 Å². The molecule has 0 aliphatic carbocycles. The van der Waals surface area contributed by atoms with Crippen LogP contribution in [0.2, 0.25) is 0 Å². The lowest BCUT2D eigenvalue weighted by atomic mass is 10.0. The van der Waals surface area contributed by atoms with Crippen molar-refractivity contribution in [3.8, 4) is 0 Å². The van der Waals surface area contributed by atoms with E-state index in [9.17, 15) is 44.7 Å². The van der Waals surface area contributed by atoms with Crippen LogP contribution in [0.1, 0.15) is 103 Å². The molecule has 0 atom stereocenters. The molecule has 0 radical (unpaired) electrons. The van der Waals surface area contributed by atoms with Crippen LogP contribution in [0.3, 0.4) is 0 Å². The van der Waals surface area contributed by atoms with Gasteiger partial charge in [0.2, 0.25) is 0 Å². The number of carbonyl (C=O) groups is 2. The maximum atomic E-state index is 14.7. The fourth-order valence-electron chi connectivity index (χ4n) is 4.18. The highest BCUT2D eigenvalue weighted by Crippen LogP contribution is 2.34. The maximum Gasteiger partial charge on any atom is 0.419 e. The summed E-state index contributed by atoms with van der Waals surface area (Å²) in [5.74, 6) is -6.87. The van der Waals surface area contributed by atoms with Crippen LogP contribution in [0.25, 0.3) is 0 Å². The topological polar surface area (TPSA) is 37.4 Å². The maximum absolute atomic E-state index is 14.7. The van der Waals surface area contributed by atoms with Crippen molar-refractivity contribution in [2.45, 2.75) is 83.5 Å². The Hall–Kier alpha value is -2.98. The highest BCUT2D eigenvalue weighted by atomic mass is 19.4. The van der Waals surface area contributed by atoms with E-state index in [-0.39, 0.29) is 6.42 Å². The molecule has 0 aromatic heterocycles. The third kappa shape index (κ3) is 9.03. The van der Waals surface area contributed by atoms with Crippen molar-refractivity contribution in [3.63, 3.8) is 0 Å². The van der Waals surface area contributed by atoms with E-state index < -0.39 is 64.6 Å². The Kier molecular flexibility index (Phi) is 11.9. The highest BCUT2D eigenvalue weighted by molar-refractivity contribution is 6.10. The second kappa shape index (κ2) is 14.4. The summed E-state index contributed by atoms with van der Waals surface area (Å²) in [5, 5.41) is 0. The molecular formula is C28H31F8NO2. The summed E-state index contributed by atoms with van der Waals surface area (Å²) < 4.78 is 108. The van der Waals surface area contributed by atoms with Crippen molar-refractivity contribution < 1.29 is 44.7 Å². The molecule has 0 saturated carbocycles. The predicted molar refractivity (Wildman–Crippen MR) is 130 cm³/mol. The van der Waals surface area contributed by atoms with Gasteiger partial charge in [-0.2, -0.15) is 26.3 Å². The number of imide groups is 1. The molecule has 3 nitrogen and oxygen atoms in total. The van der Waals surface area contributed by atoms with Crippen molar-refractivity contribution in [2.75, 3.05) is 6.54 Å². The van der Waals surface area contributed by atoms with Crippen LogP contribution in [0.15, 0.2) is 36.4 Å². The average Bonchev–Trinajstić information content (AvgIpc) is 2.85. The summed E-state index contributed by atoms with van der Waals surface area (Å²) >= 11 is 0. The zero-order valence-corrected chi connectivity index (χ0v) is 21.5. The summed E-state index contributed by atoms with van der Waals surface area (Å²) in [5.41, 5.74) is -5.69. The Balaban J connectivity index is 2.26. The van der Waals surface area contributed by atoms with Gasteiger partial charge in [-0.25, -0.2) is 8.78 Å². The third-order valence-corrected chi connectivity index (χ3v) is 6.29. The fourth-order valence-corrected chi connectivity index (χ4v) is 4.18. The molecule has 2 aromatic rings. The Labute approximate surface area is 222 Å². The van der Waals surface area contributed by atoms with Gasteiger partial charge in [-0.3, -0.25) is 14.5 Å². The zero-order chi connectivity index (χ0) is 29.2. The number of hydrogen-bond donors (Lipinski definition) is 0. The molecule has 0 bridgehead atoms. The zero-order valence-electron chi connectivity index (χ0n) is 21.5. The number of benzene rings is 2. The molecule has 0 unspecified atom stereocenters. The highest BCUT2D eigenvalue weighted by Gasteiger charge is 2.39. The van der Waals surface area contributed by atoms with E-state index in [0.717, 1.165) is 69.2 Å². The number of hydrogen-bond acceptors (Lipinski definition) is 2. The first kappa shape index (κ1) is 32.2. The van der Waals surface area contributed by atoms with Gasteiger partial charge in [0, 0.05) is 6.54 Å². The second-order valence-electron chi connectivity index (χ2n) is 9.27. The SMILES string of the molecule is CCCCCCCCCCCCN(C(=O)c1cccc(C(F)(F)F)c1F)C(=O)c1cccc(C(F)(F)F)c1F. The first-order valence-electron chi connectivity index (χ1n) is 12.9. The number of halogens is 8. The molecule has 39 heavy (non-hydrogen) atoms. The number of amides is 2. The lowest BCUT2D eigenvalue weighted by Crippen LogP contribution is -2.39. The van der Waals surface area contributed by atoms with E-state index in [1.807, 2.05) is 0 Å². The molecule has 0 N–H and O–H groups in total. The third-order valence-electron chi connectivity index (χ3n) is 6.29. The molecule has 0 saturated heterocycles. The van der Waals surface area contributed by atoms with Gasteiger partial charge in [0.05, 0.1) is 22.3 Å². The summed E-state index contributed by atoms with van der Waals surface area (Å²) in [4.78, 5) is 26.5. The molecule has 2 aromatic carbocycles. The van der Waals surface area contributed by atoms with Crippen LogP contribution in [-0.4, -0.2) is 23.3 Å². The molecule has 0 spiro atoms. The summed E-state index contributed by atoms with van der Waals surface area (Å²) in [6.07, 6.45) is -1.51. The monoisotopic (exact) mass is 565 g/mol. The normalized spacial score (nSPS) is 12.0. The van der Waals surface area contributed by atoms with Gasteiger partial charge < -0.3 is 0 Å². The van der Waals surface area contributed by atoms with Crippen molar-refractivity contribution in [1.82, 2.24) is 4.90 Å². The standard InChI is InChI=1S/C28H31F8NO2/c1-2-3-4-5-6-7-8-9-10-11-18-37(25(38)19-14-12-16-21(23(19)29)27(31,32)33)26(39)20-15-13-17-22(24(20)30)28(34,35)36/h12-17H,2-11,18H2,1H3. The quantitative estimate of drug-likeness (QED) is 0.138. The van der Waals surface area contributed by atoms with Gasteiger partial charge >= 0.3 is 12.4 Å². The molecule has 0 heterocycles. The lowest BCUT2D eigenvalue weighted by Gasteiger charge is -2.23. The van der Waals surface area contributed by atoms with Gasteiger partial charge in [0.25, 0.3) is 11.8 Å². The van der Waals surface area contributed by atoms with Crippen LogP contribution < -0.4 is 0 Å². The minimum absolute atomic E-state index is 0.147. The molecule has 2 amide bonds. The van der Waals surface area contributed by atoms with Gasteiger partial charge in [-0.05, 0) is 30.7 Å². The van der Waals surface area contributed by atoms with E-state index in [2.05, 4.69) is 6.92 Å². The van der Waals surface area contributed by atoms with Gasteiger partial charge in [-0.1, -0.05) is 76.8 Å². The van der Waals surface area contributed by atoms with E-state index in [0.29, 0.717) is 29.9 Å². The average molecular weight is 566 g/mol. The van der Waals surface area contributed by atoms with Gasteiger partial charge in [0.1, 0.15) is 11.6 Å². The molecular weight excluding hydrogens is 534 g/mol. The van der Waals surface area contributed by atoms with Gasteiger partial charge in [-0.15, -0.1) is 0 Å². The van der Waals surface area contributed by atoms with Gasteiger partial charge in [0.15, 0.2) is 0 Å². The Morgan fingerprint density at radius 1 is 0.615 bits per heavy atom. The summed E-state index contributed by atoms with van der Waals surface area (Å²) in [7, 11) is 0.